The van der Waals surface area contributed by atoms with Crippen LogP contribution >= 0.6 is 11.6 Å². The second-order valence-corrected chi connectivity index (χ2v) is 3.05. The number of hydrogen-bond donors (Lipinski definition) is 1. The molecular formula is C10H13ClNO. The van der Waals surface area contributed by atoms with Gasteiger partial charge in [-0.3, -0.25) is 0 Å². The van der Waals surface area contributed by atoms with Crippen molar-refractivity contribution < 1.29 is 4.74 Å². The van der Waals surface area contributed by atoms with Crippen LogP contribution < -0.4 is 10.1 Å². The summed E-state index contributed by atoms with van der Waals surface area (Å²) in [5.41, 5.74) is 0. The quantitative estimate of drug-likeness (QED) is 0.733. The second kappa shape index (κ2) is 5.84. The topological polar surface area (TPSA) is 21.3 Å². The van der Waals surface area contributed by atoms with Crippen LogP contribution in [0.25, 0.3) is 0 Å². The summed E-state index contributed by atoms with van der Waals surface area (Å²) in [4.78, 5) is 0. The summed E-state index contributed by atoms with van der Waals surface area (Å²) in [6, 6.07) is 7.34. The summed E-state index contributed by atoms with van der Waals surface area (Å²) in [7, 11) is 1.90. The Bertz CT molecular complexity index is 235. The van der Waals surface area contributed by atoms with E-state index in [1.54, 1.807) is 0 Å². The van der Waals surface area contributed by atoms with Gasteiger partial charge in [0.25, 0.3) is 0 Å². The van der Waals surface area contributed by atoms with Crippen molar-refractivity contribution >= 4 is 11.6 Å². The Kier molecular flexibility index (Phi) is 4.65. The molecule has 1 radical (unpaired) electrons. The fourth-order valence-corrected chi connectivity index (χ4v) is 1.02. The molecule has 0 amide bonds. The summed E-state index contributed by atoms with van der Waals surface area (Å²) in [5, 5.41) is 3.73. The van der Waals surface area contributed by atoms with Crippen LogP contribution in [0.2, 0.25) is 5.02 Å². The van der Waals surface area contributed by atoms with E-state index in [2.05, 4.69) is 5.32 Å². The van der Waals surface area contributed by atoms with Gasteiger partial charge < -0.3 is 10.1 Å². The third-order valence-corrected chi connectivity index (χ3v) is 1.78. The fourth-order valence-electron chi connectivity index (χ4n) is 0.889. The van der Waals surface area contributed by atoms with Gasteiger partial charge in [0, 0.05) is 18.0 Å². The van der Waals surface area contributed by atoms with E-state index >= 15 is 0 Å². The fraction of sp³-hybridized carbons (Fsp3) is 0.300. The molecule has 0 heterocycles. The highest BCUT2D eigenvalue weighted by molar-refractivity contribution is 6.30. The van der Waals surface area contributed by atoms with E-state index in [1.165, 1.54) is 0 Å². The number of nitrogens with one attached hydrogen (secondary N) is 1. The Balaban J connectivity index is 2.25. The van der Waals surface area contributed by atoms with E-state index in [9.17, 15) is 0 Å². The van der Waals surface area contributed by atoms with Gasteiger partial charge >= 0.3 is 0 Å². The van der Waals surface area contributed by atoms with Crippen molar-refractivity contribution in [2.75, 3.05) is 20.2 Å². The SMILES string of the molecule is CNC[CH]COc1ccc(Cl)cc1. The molecule has 1 aromatic carbocycles. The molecule has 0 aliphatic carbocycles. The molecule has 13 heavy (non-hydrogen) atoms. The third kappa shape index (κ3) is 4.15. The van der Waals surface area contributed by atoms with E-state index in [0.717, 1.165) is 17.3 Å². The summed E-state index contributed by atoms with van der Waals surface area (Å²) in [6.45, 7) is 1.47. The molecule has 1 aromatic rings. The number of halogens is 1. The predicted octanol–water partition coefficient (Wildman–Crippen LogP) is 2.14. The molecule has 0 aliphatic heterocycles. The average Bonchev–Trinajstić information content (AvgIpc) is 2.15. The highest BCUT2D eigenvalue weighted by Crippen LogP contribution is 2.15. The average molecular weight is 199 g/mol. The van der Waals surface area contributed by atoms with Gasteiger partial charge in [0.05, 0.1) is 6.61 Å². The van der Waals surface area contributed by atoms with Crippen LogP contribution in [-0.4, -0.2) is 20.2 Å². The number of hydrogen-bond acceptors (Lipinski definition) is 2. The Morgan fingerprint density at radius 1 is 1.38 bits per heavy atom. The predicted molar refractivity (Wildman–Crippen MR) is 55.2 cm³/mol. The first kappa shape index (κ1) is 10.4. The van der Waals surface area contributed by atoms with E-state index in [4.69, 9.17) is 16.3 Å². The van der Waals surface area contributed by atoms with Crippen molar-refractivity contribution in [1.29, 1.82) is 0 Å². The highest BCUT2D eigenvalue weighted by atomic mass is 35.5. The summed E-state index contributed by atoms with van der Waals surface area (Å²) in [5.74, 6) is 0.844. The third-order valence-electron chi connectivity index (χ3n) is 1.53. The number of rotatable bonds is 5. The lowest BCUT2D eigenvalue weighted by molar-refractivity contribution is 0.345. The first-order valence-corrected chi connectivity index (χ1v) is 4.55. The van der Waals surface area contributed by atoms with Crippen molar-refractivity contribution in [1.82, 2.24) is 5.32 Å². The van der Waals surface area contributed by atoms with Crippen LogP contribution in [0.5, 0.6) is 5.75 Å². The van der Waals surface area contributed by atoms with E-state index < -0.39 is 0 Å². The molecule has 1 N–H and O–H groups in total. The van der Waals surface area contributed by atoms with Gasteiger partial charge in [-0.2, -0.15) is 0 Å². The standard InChI is InChI=1S/C10H13ClNO/c1-12-7-2-8-13-10-5-3-9(11)4-6-10/h2-6,12H,7-8H2,1H3. The molecule has 0 spiro atoms. The smallest absolute Gasteiger partial charge is 0.119 e. The molecule has 0 bridgehead atoms. The van der Waals surface area contributed by atoms with E-state index in [-0.39, 0.29) is 0 Å². The molecule has 71 valence electrons. The Morgan fingerprint density at radius 3 is 2.69 bits per heavy atom. The number of ether oxygens (including phenoxy) is 1. The maximum absolute atomic E-state index is 5.72. The van der Waals surface area contributed by atoms with E-state index in [0.29, 0.717) is 6.61 Å². The Morgan fingerprint density at radius 2 is 2.08 bits per heavy atom. The number of benzene rings is 1. The van der Waals surface area contributed by atoms with Crippen molar-refractivity contribution in [3.63, 3.8) is 0 Å². The van der Waals surface area contributed by atoms with Crippen molar-refractivity contribution in [2.45, 2.75) is 0 Å². The molecule has 0 aromatic heterocycles. The van der Waals surface area contributed by atoms with Crippen molar-refractivity contribution in [3.05, 3.63) is 35.7 Å². The maximum atomic E-state index is 5.72. The van der Waals surface area contributed by atoms with E-state index in [1.807, 2.05) is 37.7 Å². The Labute approximate surface area is 83.9 Å². The molecular weight excluding hydrogens is 186 g/mol. The molecule has 0 unspecified atom stereocenters. The largest absolute Gasteiger partial charge is 0.493 e. The first-order chi connectivity index (χ1) is 6.33. The summed E-state index contributed by atoms with van der Waals surface area (Å²) in [6.07, 6.45) is 2.02. The summed E-state index contributed by atoms with van der Waals surface area (Å²) >= 11 is 5.72. The molecule has 0 aliphatic rings. The first-order valence-electron chi connectivity index (χ1n) is 4.17. The van der Waals surface area contributed by atoms with Gasteiger partial charge in [-0.15, -0.1) is 0 Å². The maximum Gasteiger partial charge on any atom is 0.119 e. The highest BCUT2D eigenvalue weighted by Gasteiger charge is 1.92. The zero-order valence-electron chi connectivity index (χ0n) is 7.59. The van der Waals surface area contributed by atoms with Crippen LogP contribution in [0.4, 0.5) is 0 Å². The van der Waals surface area contributed by atoms with Crippen LogP contribution in [0, 0.1) is 6.42 Å². The molecule has 0 saturated heterocycles. The molecule has 0 fully saturated rings. The van der Waals surface area contributed by atoms with Gasteiger partial charge in [-0.1, -0.05) is 11.6 Å². The lowest BCUT2D eigenvalue weighted by Crippen LogP contribution is -2.12. The minimum atomic E-state index is 0.614. The van der Waals surface area contributed by atoms with Gasteiger partial charge in [-0.25, -0.2) is 0 Å². The van der Waals surface area contributed by atoms with Gasteiger partial charge in [0.15, 0.2) is 0 Å². The molecule has 0 atom stereocenters. The van der Waals surface area contributed by atoms with Gasteiger partial charge in [0.2, 0.25) is 0 Å². The van der Waals surface area contributed by atoms with Crippen LogP contribution in [0.15, 0.2) is 24.3 Å². The van der Waals surface area contributed by atoms with Crippen LogP contribution in [-0.2, 0) is 0 Å². The van der Waals surface area contributed by atoms with Gasteiger partial charge in [-0.05, 0) is 31.3 Å². The monoisotopic (exact) mass is 198 g/mol. The normalized spacial score (nSPS) is 10.0. The summed E-state index contributed by atoms with van der Waals surface area (Å²) < 4.78 is 5.41. The molecule has 3 heteroatoms. The minimum absolute atomic E-state index is 0.614. The van der Waals surface area contributed by atoms with Gasteiger partial charge in [0.1, 0.15) is 5.75 Å². The minimum Gasteiger partial charge on any atom is -0.493 e. The molecule has 0 saturated carbocycles. The lowest BCUT2D eigenvalue weighted by atomic mass is 10.3. The van der Waals surface area contributed by atoms with Crippen molar-refractivity contribution in [3.8, 4) is 5.75 Å². The second-order valence-electron chi connectivity index (χ2n) is 2.61. The zero-order chi connectivity index (χ0) is 9.52. The molecule has 2 nitrogen and oxygen atoms in total. The zero-order valence-corrected chi connectivity index (χ0v) is 8.34. The lowest BCUT2D eigenvalue weighted by Gasteiger charge is -2.04. The molecule has 1 rings (SSSR count). The van der Waals surface area contributed by atoms with Crippen LogP contribution in [0.1, 0.15) is 0 Å². The van der Waals surface area contributed by atoms with Crippen LogP contribution in [0.3, 0.4) is 0 Å². The van der Waals surface area contributed by atoms with Crippen molar-refractivity contribution in [2.24, 2.45) is 0 Å². The Hall–Kier alpha value is -0.730.